The van der Waals surface area contributed by atoms with Crippen molar-refractivity contribution in [2.75, 3.05) is 25.0 Å². The molecule has 36 heavy (non-hydrogen) atoms. The lowest BCUT2D eigenvalue weighted by Crippen LogP contribution is -2.33. The van der Waals surface area contributed by atoms with E-state index in [0.717, 1.165) is 37.0 Å². The van der Waals surface area contributed by atoms with Crippen molar-refractivity contribution in [3.63, 3.8) is 0 Å². The fraction of sp³-hybridized carbons (Fsp3) is 0.222. The number of H-pyrrole nitrogens is 1. The molecule has 0 spiro atoms. The highest BCUT2D eigenvalue weighted by Gasteiger charge is 2.15. The van der Waals surface area contributed by atoms with Crippen LogP contribution in [0.5, 0.6) is 0 Å². The smallest absolute Gasteiger partial charge is 0.319 e. The molecule has 5 nitrogen and oxygen atoms in total. The first kappa shape index (κ1) is 26.6. The lowest BCUT2D eigenvalue weighted by Gasteiger charge is -2.19. The number of aromatic nitrogens is 1. The van der Waals surface area contributed by atoms with Crippen LogP contribution in [-0.4, -0.2) is 30.6 Å². The number of nitrogens with one attached hydrogen (secondary N) is 4. The van der Waals surface area contributed by atoms with Gasteiger partial charge in [-0.2, -0.15) is 0 Å². The summed E-state index contributed by atoms with van der Waals surface area (Å²) in [6.07, 6.45) is 3.79. The van der Waals surface area contributed by atoms with Crippen LogP contribution in [0.3, 0.4) is 0 Å². The zero-order chi connectivity index (χ0) is 25.5. The Labute approximate surface area is 230 Å². The maximum atomic E-state index is 12.5. The Morgan fingerprint density at radius 3 is 2.44 bits per heavy atom. The maximum absolute atomic E-state index is 12.5. The summed E-state index contributed by atoms with van der Waals surface area (Å²) in [7, 11) is 0. The molecule has 4 aromatic rings. The first-order valence-corrected chi connectivity index (χ1v) is 13.1. The van der Waals surface area contributed by atoms with Gasteiger partial charge in [-0.25, -0.2) is 4.79 Å². The van der Waals surface area contributed by atoms with Gasteiger partial charge in [-0.15, -0.1) is 0 Å². The molecular weight excluding hydrogens is 538 g/mol. The van der Waals surface area contributed by atoms with E-state index in [9.17, 15) is 4.79 Å². The molecule has 188 valence electrons. The molecule has 1 atom stereocenters. The fourth-order valence-corrected chi connectivity index (χ4v) is 4.97. The van der Waals surface area contributed by atoms with Crippen LogP contribution in [0, 0.1) is 0 Å². The van der Waals surface area contributed by atoms with Gasteiger partial charge in [-0.05, 0) is 73.5 Å². The molecule has 0 saturated carbocycles. The third kappa shape index (κ3) is 7.31. The van der Waals surface area contributed by atoms with E-state index < -0.39 is 0 Å². The number of urea groups is 1. The average Bonchev–Trinajstić information content (AvgIpc) is 3.25. The zero-order valence-corrected chi connectivity index (χ0v) is 22.4. The second kappa shape index (κ2) is 12.7. The zero-order valence-electron chi connectivity index (χ0n) is 19.4. The number of hydrogen-bond acceptors (Lipinski definition) is 2. The van der Waals surface area contributed by atoms with Crippen LogP contribution in [0.1, 0.15) is 23.5 Å². The number of carbonyl (C=O) groups is 1. The molecule has 4 rings (SSSR count). The van der Waals surface area contributed by atoms with Crippen LogP contribution in [0.15, 0.2) is 66.9 Å². The quantitative estimate of drug-likeness (QED) is 0.148. The van der Waals surface area contributed by atoms with Crippen molar-refractivity contribution >= 4 is 69.0 Å². The lowest BCUT2D eigenvalue weighted by molar-refractivity contribution is 0.251. The van der Waals surface area contributed by atoms with Crippen molar-refractivity contribution < 1.29 is 4.79 Å². The molecule has 0 radical (unpaired) electrons. The number of hydrogen-bond donors (Lipinski definition) is 4. The highest BCUT2D eigenvalue weighted by atomic mass is 35.5. The number of aromatic amines is 1. The monoisotopic (exact) mass is 562 g/mol. The standard InChI is InChI=1S/C27H26Cl4N4O/c28-20-12-21(29)14-22(13-20)35-27(36)34-15-18(17-5-6-24(30)25(31)11-17)7-9-32-10-8-19-16-33-26-4-2-1-3-23(19)26/h1-6,11-14,16,18,32-33H,7-10,15H2,(H2,34,35,36). The summed E-state index contributed by atoms with van der Waals surface area (Å²) in [6.45, 7) is 2.04. The molecule has 1 aromatic heterocycles. The van der Waals surface area contributed by atoms with E-state index in [1.165, 1.54) is 10.9 Å². The molecule has 1 heterocycles. The van der Waals surface area contributed by atoms with E-state index in [1.54, 1.807) is 24.3 Å². The summed E-state index contributed by atoms with van der Waals surface area (Å²) in [5.41, 5.74) is 3.97. The molecule has 0 saturated heterocycles. The van der Waals surface area contributed by atoms with Crippen LogP contribution in [-0.2, 0) is 6.42 Å². The predicted octanol–water partition coefficient (Wildman–Crippen LogP) is 7.91. The van der Waals surface area contributed by atoms with Gasteiger partial charge in [0.2, 0.25) is 0 Å². The maximum Gasteiger partial charge on any atom is 0.319 e. The van der Waals surface area contributed by atoms with Gasteiger partial charge in [0.25, 0.3) is 0 Å². The van der Waals surface area contributed by atoms with Gasteiger partial charge in [-0.3, -0.25) is 0 Å². The molecule has 0 aliphatic heterocycles. The first-order valence-electron chi connectivity index (χ1n) is 11.6. The minimum Gasteiger partial charge on any atom is -0.361 e. The van der Waals surface area contributed by atoms with E-state index in [0.29, 0.717) is 32.3 Å². The number of para-hydroxylation sites is 1. The number of anilines is 1. The highest BCUT2D eigenvalue weighted by Crippen LogP contribution is 2.28. The Morgan fingerprint density at radius 2 is 1.67 bits per heavy atom. The number of amides is 2. The van der Waals surface area contributed by atoms with Crippen molar-refractivity contribution in [3.8, 4) is 0 Å². The van der Waals surface area contributed by atoms with Crippen LogP contribution >= 0.6 is 46.4 Å². The Balaban J connectivity index is 1.32. The Kier molecular flexibility index (Phi) is 9.41. The summed E-state index contributed by atoms with van der Waals surface area (Å²) in [5, 5.41) is 12.4. The van der Waals surface area contributed by atoms with E-state index in [-0.39, 0.29) is 11.9 Å². The molecule has 1 unspecified atom stereocenters. The fourth-order valence-electron chi connectivity index (χ4n) is 4.13. The summed E-state index contributed by atoms with van der Waals surface area (Å²) < 4.78 is 0. The Hall–Kier alpha value is -2.41. The van der Waals surface area contributed by atoms with Crippen molar-refractivity contribution in [1.82, 2.24) is 15.6 Å². The van der Waals surface area contributed by atoms with E-state index in [4.69, 9.17) is 46.4 Å². The predicted molar refractivity (Wildman–Crippen MR) is 152 cm³/mol. The number of rotatable bonds is 10. The molecule has 9 heteroatoms. The van der Waals surface area contributed by atoms with Crippen molar-refractivity contribution in [3.05, 3.63) is 98.1 Å². The Bertz CT molecular complexity index is 1320. The molecule has 0 aliphatic rings. The number of carbonyl (C=O) groups excluding carboxylic acids is 1. The van der Waals surface area contributed by atoms with Crippen molar-refractivity contribution in [2.45, 2.75) is 18.8 Å². The molecular formula is C27H26Cl4N4O. The minimum absolute atomic E-state index is 0.0362. The van der Waals surface area contributed by atoms with Crippen molar-refractivity contribution in [1.29, 1.82) is 0 Å². The van der Waals surface area contributed by atoms with Gasteiger partial charge in [0, 0.05) is 45.3 Å². The van der Waals surface area contributed by atoms with Gasteiger partial charge in [0.15, 0.2) is 0 Å². The van der Waals surface area contributed by atoms with E-state index in [2.05, 4.69) is 45.3 Å². The average molecular weight is 564 g/mol. The van der Waals surface area contributed by atoms with E-state index in [1.807, 2.05) is 18.2 Å². The molecule has 4 N–H and O–H groups in total. The number of benzene rings is 3. The lowest BCUT2D eigenvalue weighted by atomic mass is 9.95. The second-order valence-electron chi connectivity index (χ2n) is 8.51. The Morgan fingerprint density at radius 1 is 0.889 bits per heavy atom. The summed E-state index contributed by atoms with van der Waals surface area (Å²) in [5.74, 6) is 0.0362. The highest BCUT2D eigenvalue weighted by molar-refractivity contribution is 6.42. The van der Waals surface area contributed by atoms with Gasteiger partial charge in [0.1, 0.15) is 0 Å². The summed E-state index contributed by atoms with van der Waals surface area (Å²) in [6, 6.07) is 18.4. The molecule has 0 fully saturated rings. The van der Waals surface area contributed by atoms with Gasteiger partial charge in [0.05, 0.1) is 10.0 Å². The van der Waals surface area contributed by atoms with Gasteiger partial charge >= 0.3 is 6.03 Å². The second-order valence-corrected chi connectivity index (χ2v) is 10.2. The third-order valence-corrected chi connectivity index (χ3v) is 7.14. The molecule has 3 aromatic carbocycles. The summed E-state index contributed by atoms with van der Waals surface area (Å²) >= 11 is 24.4. The molecule has 2 amide bonds. The van der Waals surface area contributed by atoms with Crippen LogP contribution < -0.4 is 16.0 Å². The van der Waals surface area contributed by atoms with Gasteiger partial charge < -0.3 is 20.9 Å². The number of halogens is 4. The van der Waals surface area contributed by atoms with Crippen LogP contribution in [0.2, 0.25) is 20.1 Å². The molecule has 0 aliphatic carbocycles. The van der Waals surface area contributed by atoms with Crippen LogP contribution in [0.4, 0.5) is 10.5 Å². The largest absolute Gasteiger partial charge is 0.361 e. The third-order valence-electron chi connectivity index (χ3n) is 5.96. The minimum atomic E-state index is -0.342. The topological polar surface area (TPSA) is 69.0 Å². The van der Waals surface area contributed by atoms with E-state index >= 15 is 0 Å². The number of fused-ring (bicyclic) bond motifs is 1. The summed E-state index contributed by atoms with van der Waals surface area (Å²) in [4.78, 5) is 15.8. The van der Waals surface area contributed by atoms with Crippen LogP contribution in [0.25, 0.3) is 10.9 Å². The first-order chi connectivity index (χ1) is 17.4. The molecule has 0 bridgehead atoms. The normalized spacial score (nSPS) is 12.0. The van der Waals surface area contributed by atoms with Crippen molar-refractivity contribution in [2.24, 2.45) is 0 Å². The SMILES string of the molecule is O=C(NCC(CCNCCc1c[nH]c2ccccc12)c1ccc(Cl)c(Cl)c1)Nc1cc(Cl)cc(Cl)c1. The van der Waals surface area contributed by atoms with Gasteiger partial charge in [-0.1, -0.05) is 70.7 Å².